The number of fused-ring (bicyclic) bond motifs is 1. The standard InChI is InChI=1S/C22H17N7/c1-2-6-19-18(5-1)22(28-21(27-19)17-4-3-8-23-14-17)26-13-16-7-9-25-20(12-16)29-11-10-24-15-29/h1-12,14-15H,13H2,(H,26,27,28). The van der Waals surface area contributed by atoms with Crippen LogP contribution in [0.4, 0.5) is 5.82 Å². The quantitative estimate of drug-likeness (QED) is 0.499. The van der Waals surface area contributed by atoms with Crippen LogP contribution in [0.1, 0.15) is 5.56 Å². The molecule has 5 rings (SSSR count). The number of imidazole rings is 1. The number of para-hydroxylation sites is 1. The molecule has 0 saturated carbocycles. The van der Waals surface area contributed by atoms with Gasteiger partial charge in [-0.05, 0) is 42.0 Å². The lowest BCUT2D eigenvalue weighted by molar-refractivity contribution is 0.977. The fourth-order valence-electron chi connectivity index (χ4n) is 3.13. The summed E-state index contributed by atoms with van der Waals surface area (Å²) in [5, 5.41) is 4.44. The lowest BCUT2D eigenvalue weighted by Crippen LogP contribution is -2.05. The van der Waals surface area contributed by atoms with Crippen LogP contribution in [-0.2, 0) is 6.54 Å². The highest BCUT2D eigenvalue weighted by molar-refractivity contribution is 5.90. The Balaban J connectivity index is 1.48. The van der Waals surface area contributed by atoms with Crippen molar-refractivity contribution in [3.63, 3.8) is 0 Å². The number of hydrogen-bond acceptors (Lipinski definition) is 6. The lowest BCUT2D eigenvalue weighted by Gasteiger charge is -2.11. The second-order valence-corrected chi connectivity index (χ2v) is 6.50. The van der Waals surface area contributed by atoms with Crippen LogP contribution in [0.3, 0.4) is 0 Å². The van der Waals surface area contributed by atoms with Crippen molar-refractivity contribution in [1.82, 2.24) is 29.5 Å². The highest BCUT2D eigenvalue weighted by atomic mass is 15.1. The molecule has 0 radical (unpaired) electrons. The van der Waals surface area contributed by atoms with E-state index in [1.54, 1.807) is 31.1 Å². The van der Waals surface area contributed by atoms with E-state index in [4.69, 9.17) is 9.97 Å². The smallest absolute Gasteiger partial charge is 0.163 e. The van der Waals surface area contributed by atoms with Gasteiger partial charge < -0.3 is 5.32 Å². The number of benzene rings is 1. The predicted molar refractivity (Wildman–Crippen MR) is 111 cm³/mol. The van der Waals surface area contributed by atoms with Gasteiger partial charge in [0.25, 0.3) is 0 Å². The molecule has 29 heavy (non-hydrogen) atoms. The van der Waals surface area contributed by atoms with Gasteiger partial charge in [-0.25, -0.2) is 19.9 Å². The highest BCUT2D eigenvalue weighted by Crippen LogP contribution is 2.25. The first kappa shape index (κ1) is 17.0. The van der Waals surface area contributed by atoms with E-state index in [2.05, 4.69) is 20.3 Å². The van der Waals surface area contributed by atoms with Crippen molar-refractivity contribution >= 4 is 16.7 Å². The number of hydrogen-bond donors (Lipinski definition) is 1. The molecule has 0 spiro atoms. The average Bonchev–Trinajstić information content (AvgIpc) is 3.33. The van der Waals surface area contributed by atoms with Gasteiger partial charge in [-0.15, -0.1) is 0 Å². The Kier molecular flexibility index (Phi) is 4.38. The third-order valence-corrected chi connectivity index (χ3v) is 4.56. The van der Waals surface area contributed by atoms with Crippen molar-refractivity contribution in [3.8, 4) is 17.2 Å². The number of nitrogens with zero attached hydrogens (tertiary/aromatic N) is 6. The van der Waals surface area contributed by atoms with Gasteiger partial charge >= 0.3 is 0 Å². The number of rotatable bonds is 5. The summed E-state index contributed by atoms with van der Waals surface area (Å²) in [5.41, 5.74) is 2.86. The summed E-state index contributed by atoms with van der Waals surface area (Å²) in [4.78, 5) is 22.1. The first-order chi connectivity index (χ1) is 14.4. The van der Waals surface area contributed by atoms with E-state index in [1.807, 2.05) is 59.3 Å². The van der Waals surface area contributed by atoms with Crippen LogP contribution in [0.5, 0.6) is 0 Å². The minimum absolute atomic E-state index is 0.609. The number of aromatic nitrogens is 6. The minimum Gasteiger partial charge on any atom is -0.365 e. The van der Waals surface area contributed by atoms with E-state index in [0.29, 0.717) is 12.4 Å². The SMILES string of the molecule is c1cncc(-c2nc(NCc3ccnc(-n4ccnc4)c3)c3ccccc3n2)c1. The van der Waals surface area contributed by atoms with Gasteiger partial charge in [0.05, 0.1) is 5.52 Å². The third-order valence-electron chi connectivity index (χ3n) is 4.56. The molecule has 0 bridgehead atoms. The molecular weight excluding hydrogens is 362 g/mol. The average molecular weight is 379 g/mol. The molecule has 7 heteroatoms. The van der Waals surface area contributed by atoms with Crippen LogP contribution < -0.4 is 5.32 Å². The molecule has 0 aliphatic rings. The molecular formula is C22H17N7. The van der Waals surface area contributed by atoms with E-state index in [9.17, 15) is 0 Å². The second kappa shape index (κ2) is 7.47. The van der Waals surface area contributed by atoms with E-state index >= 15 is 0 Å². The molecule has 7 nitrogen and oxygen atoms in total. The molecule has 1 aromatic carbocycles. The van der Waals surface area contributed by atoms with Crippen molar-refractivity contribution < 1.29 is 0 Å². The Morgan fingerprint density at radius 1 is 0.897 bits per heavy atom. The summed E-state index contributed by atoms with van der Waals surface area (Å²) in [6.07, 6.45) is 10.7. The number of pyridine rings is 2. The Morgan fingerprint density at radius 2 is 1.86 bits per heavy atom. The van der Waals surface area contributed by atoms with Gasteiger partial charge in [0, 0.05) is 48.5 Å². The van der Waals surface area contributed by atoms with Gasteiger partial charge in [0.15, 0.2) is 5.82 Å². The summed E-state index contributed by atoms with van der Waals surface area (Å²) in [6, 6.07) is 15.8. The summed E-state index contributed by atoms with van der Waals surface area (Å²) in [5.74, 6) is 2.26. The predicted octanol–water partition coefficient (Wildman–Crippen LogP) is 3.88. The van der Waals surface area contributed by atoms with Crippen LogP contribution in [0.2, 0.25) is 0 Å². The Morgan fingerprint density at radius 3 is 2.72 bits per heavy atom. The van der Waals surface area contributed by atoms with E-state index in [-0.39, 0.29) is 0 Å². The molecule has 4 aromatic heterocycles. The van der Waals surface area contributed by atoms with Crippen LogP contribution >= 0.6 is 0 Å². The van der Waals surface area contributed by atoms with Crippen molar-refractivity contribution in [3.05, 3.63) is 91.4 Å². The highest BCUT2D eigenvalue weighted by Gasteiger charge is 2.09. The van der Waals surface area contributed by atoms with Gasteiger partial charge in [-0.3, -0.25) is 9.55 Å². The molecule has 0 amide bonds. The molecule has 0 fully saturated rings. The molecule has 5 aromatic rings. The van der Waals surface area contributed by atoms with Crippen LogP contribution in [-0.4, -0.2) is 29.5 Å². The Bertz CT molecular complexity index is 1250. The molecule has 140 valence electrons. The summed E-state index contributed by atoms with van der Waals surface area (Å²) in [7, 11) is 0. The monoisotopic (exact) mass is 379 g/mol. The lowest BCUT2D eigenvalue weighted by atomic mass is 10.2. The fourth-order valence-corrected chi connectivity index (χ4v) is 3.13. The first-order valence-electron chi connectivity index (χ1n) is 9.21. The topological polar surface area (TPSA) is 81.4 Å². The van der Waals surface area contributed by atoms with Crippen molar-refractivity contribution in [2.75, 3.05) is 5.32 Å². The van der Waals surface area contributed by atoms with E-state index < -0.39 is 0 Å². The Hall–Kier alpha value is -4.13. The van der Waals surface area contributed by atoms with Gasteiger partial charge in [0.1, 0.15) is 18.0 Å². The summed E-state index contributed by atoms with van der Waals surface area (Å²) < 4.78 is 1.88. The molecule has 1 N–H and O–H groups in total. The molecule has 4 heterocycles. The second-order valence-electron chi connectivity index (χ2n) is 6.50. The van der Waals surface area contributed by atoms with Gasteiger partial charge in [0.2, 0.25) is 0 Å². The van der Waals surface area contributed by atoms with Crippen LogP contribution in [0.15, 0.2) is 85.8 Å². The van der Waals surface area contributed by atoms with Gasteiger partial charge in [-0.1, -0.05) is 12.1 Å². The maximum atomic E-state index is 4.77. The number of nitrogens with one attached hydrogen (secondary N) is 1. The van der Waals surface area contributed by atoms with Crippen molar-refractivity contribution in [2.24, 2.45) is 0 Å². The van der Waals surface area contributed by atoms with Crippen LogP contribution in [0.25, 0.3) is 28.1 Å². The van der Waals surface area contributed by atoms with E-state index in [0.717, 1.165) is 33.7 Å². The van der Waals surface area contributed by atoms with Crippen LogP contribution in [0, 0.1) is 0 Å². The zero-order chi connectivity index (χ0) is 19.5. The molecule has 0 atom stereocenters. The fraction of sp³-hybridized carbons (Fsp3) is 0.0455. The molecule has 0 aliphatic carbocycles. The summed E-state index contributed by atoms with van der Waals surface area (Å²) >= 11 is 0. The maximum absolute atomic E-state index is 4.77. The normalized spacial score (nSPS) is 10.9. The van der Waals surface area contributed by atoms with Crippen molar-refractivity contribution in [1.29, 1.82) is 0 Å². The zero-order valence-corrected chi connectivity index (χ0v) is 15.5. The first-order valence-corrected chi connectivity index (χ1v) is 9.21. The van der Waals surface area contributed by atoms with Gasteiger partial charge in [-0.2, -0.15) is 0 Å². The molecule has 0 aliphatic heterocycles. The third kappa shape index (κ3) is 3.53. The van der Waals surface area contributed by atoms with E-state index in [1.165, 1.54) is 0 Å². The molecule has 0 unspecified atom stereocenters. The molecule has 0 saturated heterocycles. The minimum atomic E-state index is 0.609. The largest absolute Gasteiger partial charge is 0.365 e. The maximum Gasteiger partial charge on any atom is 0.163 e. The number of anilines is 1. The zero-order valence-electron chi connectivity index (χ0n) is 15.5. The summed E-state index contributed by atoms with van der Waals surface area (Å²) in [6.45, 7) is 0.609. The van der Waals surface area contributed by atoms with Crippen molar-refractivity contribution in [2.45, 2.75) is 6.54 Å². The Labute approximate surface area is 167 Å².